The van der Waals surface area contributed by atoms with E-state index in [0.29, 0.717) is 32.2 Å². The second-order valence-electron chi connectivity index (χ2n) is 4.37. The lowest BCUT2D eigenvalue weighted by atomic mass is 10.2. The number of likely N-dealkylation sites (N-methyl/N-ethyl adjacent to an activating group) is 1. The van der Waals surface area contributed by atoms with Crippen LogP contribution in [0.4, 0.5) is 0 Å². The van der Waals surface area contributed by atoms with Gasteiger partial charge in [0.1, 0.15) is 0 Å². The van der Waals surface area contributed by atoms with Gasteiger partial charge in [0.05, 0.1) is 0 Å². The molecule has 1 N–H and O–H groups in total. The van der Waals surface area contributed by atoms with E-state index in [0.717, 1.165) is 19.4 Å². The van der Waals surface area contributed by atoms with Gasteiger partial charge in [-0.05, 0) is 12.8 Å². The van der Waals surface area contributed by atoms with Gasteiger partial charge < -0.3 is 5.32 Å². The molecule has 6 heteroatoms. The van der Waals surface area contributed by atoms with Crippen LogP contribution in [0, 0.1) is 0 Å². The van der Waals surface area contributed by atoms with Gasteiger partial charge in [-0.2, -0.15) is 17.0 Å². The molecule has 0 saturated carbocycles. The average molecular weight is 263 g/mol. The summed E-state index contributed by atoms with van der Waals surface area (Å²) in [4.78, 5) is 0. The van der Waals surface area contributed by atoms with Crippen molar-refractivity contribution in [2.75, 3.05) is 32.7 Å². The molecule has 0 amide bonds. The molecule has 1 heterocycles. The van der Waals surface area contributed by atoms with Crippen LogP contribution < -0.4 is 5.32 Å². The highest BCUT2D eigenvalue weighted by Crippen LogP contribution is 2.14. The summed E-state index contributed by atoms with van der Waals surface area (Å²) >= 11 is 0. The van der Waals surface area contributed by atoms with E-state index in [1.54, 1.807) is 4.31 Å². The third kappa shape index (κ3) is 3.64. The first kappa shape index (κ1) is 14.9. The highest BCUT2D eigenvalue weighted by atomic mass is 32.2. The predicted octanol–water partition coefficient (Wildman–Crippen LogP) is 0.647. The third-order valence-corrected chi connectivity index (χ3v) is 5.49. The lowest BCUT2D eigenvalue weighted by molar-refractivity contribution is 0.409. The maximum atomic E-state index is 12.0. The smallest absolute Gasteiger partial charge is 0.282 e. The van der Waals surface area contributed by atoms with Crippen LogP contribution in [0.1, 0.15) is 33.6 Å². The molecule has 1 saturated heterocycles. The number of nitrogens with zero attached hydrogens (tertiary/aromatic N) is 2. The van der Waals surface area contributed by atoms with Gasteiger partial charge in [0.2, 0.25) is 0 Å². The maximum Gasteiger partial charge on any atom is 0.282 e. The maximum absolute atomic E-state index is 12.0. The van der Waals surface area contributed by atoms with Crippen LogP contribution in [-0.4, -0.2) is 55.8 Å². The highest BCUT2D eigenvalue weighted by molar-refractivity contribution is 7.87. The second-order valence-corrected chi connectivity index (χ2v) is 6.29. The van der Waals surface area contributed by atoms with Crippen molar-refractivity contribution in [2.45, 2.75) is 39.7 Å². The van der Waals surface area contributed by atoms with E-state index >= 15 is 0 Å². The van der Waals surface area contributed by atoms with Gasteiger partial charge in [-0.15, -0.1) is 0 Å². The molecule has 102 valence electrons. The lowest BCUT2D eigenvalue weighted by Crippen LogP contribution is -2.39. The van der Waals surface area contributed by atoms with Crippen molar-refractivity contribution in [2.24, 2.45) is 0 Å². The van der Waals surface area contributed by atoms with E-state index in [-0.39, 0.29) is 0 Å². The third-order valence-electron chi connectivity index (χ3n) is 3.38. The first-order valence-electron chi connectivity index (χ1n) is 6.54. The van der Waals surface area contributed by atoms with Crippen molar-refractivity contribution in [3.63, 3.8) is 0 Å². The Morgan fingerprint density at radius 1 is 1.12 bits per heavy atom. The van der Waals surface area contributed by atoms with Crippen molar-refractivity contribution in [1.82, 2.24) is 13.9 Å². The summed E-state index contributed by atoms with van der Waals surface area (Å²) in [5.74, 6) is 0. The molecule has 0 radical (unpaired) electrons. The summed E-state index contributed by atoms with van der Waals surface area (Å²) < 4.78 is 27.0. The Labute approximate surface area is 105 Å². The van der Waals surface area contributed by atoms with Crippen molar-refractivity contribution in [3.05, 3.63) is 0 Å². The topological polar surface area (TPSA) is 52.6 Å². The van der Waals surface area contributed by atoms with Crippen LogP contribution >= 0.6 is 0 Å². The lowest BCUT2D eigenvalue weighted by Gasteiger charge is -2.19. The van der Waals surface area contributed by atoms with Crippen molar-refractivity contribution < 1.29 is 8.42 Å². The standard InChI is InChI=1S/C11H25N3O2S/c1-4-11(5-2)12-7-8-14-10-9-13(6-3)17(14,15)16/h11-12H,4-10H2,1-3H3. The predicted molar refractivity (Wildman–Crippen MR) is 70.1 cm³/mol. The summed E-state index contributed by atoms with van der Waals surface area (Å²) in [5, 5.41) is 3.39. The van der Waals surface area contributed by atoms with Gasteiger partial charge in [-0.1, -0.05) is 20.8 Å². The Balaban J connectivity index is 2.38. The average Bonchev–Trinajstić information content (AvgIpc) is 2.60. The van der Waals surface area contributed by atoms with Gasteiger partial charge in [-0.3, -0.25) is 0 Å². The number of hydrogen-bond acceptors (Lipinski definition) is 3. The molecule has 0 aliphatic carbocycles. The van der Waals surface area contributed by atoms with Crippen LogP contribution in [0.2, 0.25) is 0 Å². The monoisotopic (exact) mass is 263 g/mol. The molecule has 5 nitrogen and oxygen atoms in total. The summed E-state index contributed by atoms with van der Waals surface area (Å²) in [5.41, 5.74) is 0. The van der Waals surface area contributed by atoms with Gasteiger partial charge in [0, 0.05) is 38.8 Å². The molecule has 0 atom stereocenters. The fourth-order valence-corrected chi connectivity index (χ4v) is 3.74. The molecule has 0 aromatic carbocycles. The Morgan fingerprint density at radius 3 is 2.18 bits per heavy atom. The first-order chi connectivity index (χ1) is 8.06. The van der Waals surface area contributed by atoms with Crippen molar-refractivity contribution in [3.8, 4) is 0 Å². The summed E-state index contributed by atoms with van der Waals surface area (Å²) in [6.07, 6.45) is 2.18. The number of nitrogens with one attached hydrogen (secondary N) is 1. The van der Waals surface area contributed by atoms with E-state index in [2.05, 4.69) is 19.2 Å². The summed E-state index contributed by atoms with van der Waals surface area (Å²) in [6, 6.07) is 0.502. The minimum Gasteiger partial charge on any atom is -0.313 e. The molecule has 0 aromatic rings. The Hall–Kier alpha value is -0.170. The SMILES string of the molecule is CCC(CC)NCCN1CCN(CC)S1(=O)=O. The Bertz CT molecular complexity index is 315. The van der Waals surface area contributed by atoms with E-state index in [1.807, 2.05) is 6.92 Å². The molecular weight excluding hydrogens is 238 g/mol. The van der Waals surface area contributed by atoms with E-state index < -0.39 is 10.2 Å². The van der Waals surface area contributed by atoms with Crippen LogP contribution in [0.15, 0.2) is 0 Å². The summed E-state index contributed by atoms with van der Waals surface area (Å²) in [7, 11) is -3.16. The molecule has 0 unspecified atom stereocenters. The van der Waals surface area contributed by atoms with Crippen LogP contribution in [0.25, 0.3) is 0 Å². The van der Waals surface area contributed by atoms with Crippen LogP contribution in [0.5, 0.6) is 0 Å². The van der Waals surface area contributed by atoms with Gasteiger partial charge in [-0.25, -0.2) is 0 Å². The summed E-state index contributed by atoms with van der Waals surface area (Å²) in [6.45, 7) is 9.31. The molecule has 0 aromatic heterocycles. The number of hydrogen-bond donors (Lipinski definition) is 1. The minimum absolute atomic E-state index is 0.502. The van der Waals surface area contributed by atoms with E-state index in [4.69, 9.17) is 0 Å². The fraction of sp³-hybridized carbons (Fsp3) is 1.00. The largest absolute Gasteiger partial charge is 0.313 e. The van der Waals surface area contributed by atoms with Gasteiger partial charge >= 0.3 is 0 Å². The van der Waals surface area contributed by atoms with Crippen LogP contribution in [0.3, 0.4) is 0 Å². The zero-order chi connectivity index (χ0) is 12.9. The van der Waals surface area contributed by atoms with E-state index in [9.17, 15) is 8.42 Å². The molecule has 0 spiro atoms. The second kappa shape index (κ2) is 6.68. The fourth-order valence-electron chi connectivity index (χ4n) is 2.14. The van der Waals surface area contributed by atoms with Crippen molar-refractivity contribution >= 4 is 10.2 Å². The highest BCUT2D eigenvalue weighted by Gasteiger charge is 2.34. The zero-order valence-corrected chi connectivity index (χ0v) is 12.0. The zero-order valence-electron chi connectivity index (χ0n) is 11.1. The number of rotatable bonds is 7. The molecule has 1 aliphatic heterocycles. The van der Waals surface area contributed by atoms with Gasteiger partial charge in [0.25, 0.3) is 10.2 Å². The molecule has 1 aliphatic rings. The molecule has 0 bridgehead atoms. The molecule has 1 rings (SSSR count). The van der Waals surface area contributed by atoms with Crippen molar-refractivity contribution in [1.29, 1.82) is 0 Å². The molecule has 1 fully saturated rings. The molecular formula is C11H25N3O2S. The first-order valence-corrected chi connectivity index (χ1v) is 7.94. The quantitative estimate of drug-likeness (QED) is 0.733. The molecule has 17 heavy (non-hydrogen) atoms. The Kier molecular flexibility index (Phi) is 5.85. The van der Waals surface area contributed by atoms with Crippen LogP contribution in [-0.2, 0) is 10.2 Å². The normalized spacial score (nSPS) is 21.4. The van der Waals surface area contributed by atoms with Gasteiger partial charge in [0.15, 0.2) is 0 Å². The minimum atomic E-state index is -3.16. The van der Waals surface area contributed by atoms with E-state index in [1.165, 1.54) is 4.31 Å². The Morgan fingerprint density at radius 2 is 1.71 bits per heavy atom.